The lowest BCUT2D eigenvalue weighted by Crippen LogP contribution is -2.41. The summed E-state index contributed by atoms with van der Waals surface area (Å²) < 4.78 is 10.5. The second kappa shape index (κ2) is 7.30. The molecule has 6 nitrogen and oxygen atoms in total. The fourth-order valence-corrected chi connectivity index (χ4v) is 5.83. The Bertz CT molecular complexity index is 1180. The van der Waals surface area contributed by atoms with E-state index < -0.39 is 24.3 Å². The van der Waals surface area contributed by atoms with Gasteiger partial charge in [-0.3, -0.25) is 14.5 Å². The molecule has 4 aliphatic rings. The summed E-state index contributed by atoms with van der Waals surface area (Å²) in [6, 6.07) is 22.7. The molecule has 1 fully saturated rings. The summed E-state index contributed by atoms with van der Waals surface area (Å²) in [5.74, 6) is -1.65. The molecule has 1 saturated heterocycles. The highest BCUT2D eigenvalue weighted by Gasteiger charge is 2.61. The summed E-state index contributed by atoms with van der Waals surface area (Å²) in [5.41, 5.74) is 4.41. The van der Waals surface area contributed by atoms with Gasteiger partial charge in [-0.2, -0.15) is 0 Å². The molecule has 1 aliphatic heterocycles. The SMILES string of the molecule is COc1ccc(OC(=O)CN2C(=O)C3C4c5ccccc5C(c5ccccc54)C3C2=O)cc1. The van der Waals surface area contributed by atoms with Crippen molar-refractivity contribution < 1.29 is 23.9 Å². The molecule has 164 valence electrons. The summed E-state index contributed by atoms with van der Waals surface area (Å²) in [7, 11) is 1.55. The van der Waals surface area contributed by atoms with Gasteiger partial charge in [0.05, 0.1) is 18.9 Å². The quantitative estimate of drug-likeness (QED) is 0.354. The molecule has 3 aromatic rings. The highest BCUT2D eigenvalue weighted by molar-refractivity contribution is 6.09. The lowest BCUT2D eigenvalue weighted by molar-refractivity contribution is -0.148. The predicted molar refractivity (Wildman–Crippen MR) is 119 cm³/mol. The molecule has 0 spiro atoms. The Balaban J connectivity index is 1.31. The van der Waals surface area contributed by atoms with Crippen LogP contribution >= 0.6 is 0 Å². The molecule has 0 aromatic heterocycles. The molecule has 0 radical (unpaired) electrons. The van der Waals surface area contributed by atoms with Crippen molar-refractivity contribution in [3.8, 4) is 11.5 Å². The van der Waals surface area contributed by atoms with Gasteiger partial charge in [-0.1, -0.05) is 48.5 Å². The average molecular weight is 439 g/mol. The highest BCUT2D eigenvalue weighted by Crippen LogP contribution is 2.60. The maximum atomic E-state index is 13.5. The van der Waals surface area contributed by atoms with Gasteiger partial charge in [-0.25, -0.2) is 4.79 Å². The van der Waals surface area contributed by atoms with Crippen molar-refractivity contribution in [2.45, 2.75) is 11.8 Å². The van der Waals surface area contributed by atoms with Gasteiger partial charge in [0.2, 0.25) is 11.8 Å². The van der Waals surface area contributed by atoms with E-state index >= 15 is 0 Å². The molecule has 3 aromatic carbocycles. The van der Waals surface area contributed by atoms with E-state index in [-0.39, 0.29) is 23.7 Å². The molecule has 6 heteroatoms. The molecule has 0 N–H and O–H groups in total. The molecular weight excluding hydrogens is 418 g/mol. The normalized spacial score (nSPS) is 24.2. The third-order valence-electron chi connectivity index (χ3n) is 7.12. The van der Waals surface area contributed by atoms with Crippen molar-refractivity contribution >= 4 is 17.8 Å². The monoisotopic (exact) mass is 439 g/mol. The van der Waals surface area contributed by atoms with Crippen LogP contribution in [0.1, 0.15) is 34.1 Å². The van der Waals surface area contributed by atoms with Crippen LogP contribution < -0.4 is 9.47 Å². The number of esters is 1. The van der Waals surface area contributed by atoms with Crippen LogP contribution in [0.15, 0.2) is 72.8 Å². The Labute approximate surface area is 190 Å². The standard InChI is InChI=1S/C27H21NO5/c1-32-15-10-12-16(13-11-15)33-21(29)14-28-26(30)24-22-17-6-2-3-7-18(17)23(25(24)27(28)31)20-9-5-4-8-19(20)22/h2-13,22-25H,14H2,1H3. The van der Waals surface area contributed by atoms with Crippen LogP contribution in [-0.4, -0.2) is 36.3 Å². The van der Waals surface area contributed by atoms with Gasteiger partial charge in [-0.15, -0.1) is 0 Å². The first-order chi connectivity index (χ1) is 16.1. The number of imide groups is 1. The van der Waals surface area contributed by atoms with Crippen LogP contribution in [0, 0.1) is 11.8 Å². The fourth-order valence-electron chi connectivity index (χ4n) is 5.83. The Hall–Kier alpha value is -3.93. The van der Waals surface area contributed by atoms with Crippen molar-refractivity contribution in [2.24, 2.45) is 11.8 Å². The first-order valence-electron chi connectivity index (χ1n) is 11.0. The Morgan fingerprint density at radius 1 is 0.727 bits per heavy atom. The van der Waals surface area contributed by atoms with Gasteiger partial charge in [0.15, 0.2) is 0 Å². The maximum absolute atomic E-state index is 13.5. The summed E-state index contributed by atoms with van der Waals surface area (Å²) in [5, 5.41) is 0. The number of hydrogen-bond donors (Lipinski definition) is 0. The van der Waals surface area contributed by atoms with Gasteiger partial charge in [0.25, 0.3) is 0 Å². The highest BCUT2D eigenvalue weighted by atomic mass is 16.5. The number of nitrogens with zero attached hydrogens (tertiary/aromatic N) is 1. The number of rotatable bonds is 4. The van der Waals surface area contributed by atoms with E-state index in [9.17, 15) is 14.4 Å². The number of hydrogen-bond acceptors (Lipinski definition) is 5. The van der Waals surface area contributed by atoms with E-state index in [4.69, 9.17) is 9.47 Å². The molecule has 3 aliphatic carbocycles. The van der Waals surface area contributed by atoms with Crippen molar-refractivity contribution in [1.29, 1.82) is 0 Å². The van der Waals surface area contributed by atoms with Crippen LogP contribution in [0.5, 0.6) is 11.5 Å². The van der Waals surface area contributed by atoms with Gasteiger partial charge >= 0.3 is 5.97 Å². The number of carbonyl (C=O) groups excluding carboxylic acids is 3. The van der Waals surface area contributed by atoms with Crippen LogP contribution in [0.25, 0.3) is 0 Å². The second-order valence-corrected chi connectivity index (χ2v) is 8.68. The topological polar surface area (TPSA) is 72.9 Å². The zero-order valence-corrected chi connectivity index (χ0v) is 17.9. The maximum Gasteiger partial charge on any atom is 0.331 e. The Morgan fingerprint density at radius 2 is 1.15 bits per heavy atom. The predicted octanol–water partition coefficient (Wildman–Crippen LogP) is 3.49. The summed E-state index contributed by atoms with van der Waals surface area (Å²) in [6.07, 6.45) is 0. The number of ether oxygens (including phenoxy) is 2. The largest absolute Gasteiger partial charge is 0.497 e. The number of likely N-dealkylation sites (tertiary alicyclic amines) is 1. The van der Waals surface area contributed by atoms with Crippen molar-refractivity contribution in [3.05, 3.63) is 95.1 Å². The van der Waals surface area contributed by atoms with Crippen LogP contribution in [0.4, 0.5) is 0 Å². The molecule has 2 amide bonds. The minimum Gasteiger partial charge on any atom is -0.497 e. The van der Waals surface area contributed by atoms with E-state index in [2.05, 4.69) is 24.3 Å². The molecule has 2 bridgehead atoms. The minimum atomic E-state index is -0.650. The molecule has 33 heavy (non-hydrogen) atoms. The lowest BCUT2D eigenvalue weighted by atomic mass is 9.55. The van der Waals surface area contributed by atoms with E-state index in [1.54, 1.807) is 31.4 Å². The van der Waals surface area contributed by atoms with Gasteiger partial charge in [0.1, 0.15) is 18.0 Å². The average Bonchev–Trinajstić information content (AvgIpc) is 3.10. The zero-order valence-electron chi connectivity index (χ0n) is 17.9. The second-order valence-electron chi connectivity index (χ2n) is 8.68. The Kier molecular flexibility index (Phi) is 4.37. The molecular formula is C27H21NO5. The van der Waals surface area contributed by atoms with Crippen molar-refractivity contribution in [3.63, 3.8) is 0 Å². The van der Waals surface area contributed by atoms with Crippen LogP contribution in [0.3, 0.4) is 0 Å². The Morgan fingerprint density at radius 3 is 1.58 bits per heavy atom. The smallest absolute Gasteiger partial charge is 0.331 e. The molecule has 0 saturated carbocycles. The molecule has 1 heterocycles. The van der Waals surface area contributed by atoms with Crippen molar-refractivity contribution in [2.75, 3.05) is 13.7 Å². The summed E-state index contributed by atoms with van der Waals surface area (Å²) in [6.45, 7) is -0.400. The van der Waals surface area contributed by atoms with Gasteiger partial charge in [-0.05, 0) is 46.5 Å². The number of benzene rings is 3. The van der Waals surface area contributed by atoms with Gasteiger partial charge in [0, 0.05) is 11.8 Å². The minimum absolute atomic E-state index is 0.188. The van der Waals surface area contributed by atoms with E-state index in [0.29, 0.717) is 11.5 Å². The zero-order chi connectivity index (χ0) is 22.7. The van der Waals surface area contributed by atoms with Crippen molar-refractivity contribution in [1.82, 2.24) is 4.90 Å². The number of methoxy groups -OCH3 is 1. The van der Waals surface area contributed by atoms with Crippen LogP contribution in [0.2, 0.25) is 0 Å². The fraction of sp³-hybridized carbons (Fsp3) is 0.222. The summed E-state index contributed by atoms with van der Waals surface area (Å²) in [4.78, 5) is 40.8. The number of carbonyl (C=O) groups is 3. The third-order valence-corrected chi connectivity index (χ3v) is 7.12. The van der Waals surface area contributed by atoms with E-state index in [1.165, 1.54) is 0 Å². The number of amides is 2. The lowest BCUT2D eigenvalue weighted by Gasteiger charge is -2.45. The van der Waals surface area contributed by atoms with Gasteiger partial charge < -0.3 is 9.47 Å². The first-order valence-corrected chi connectivity index (χ1v) is 11.0. The molecule has 2 atom stereocenters. The summed E-state index contributed by atoms with van der Waals surface area (Å²) >= 11 is 0. The third kappa shape index (κ3) is 2.83. The van der Waals surface area contributed by atoms with E-state index in [1.807, 2.05) is 24.3 Å². The van der Waals surface area contributed by atoms with E-state index in [0.717, 1.165) is 27.2 Å². The first kappa shape index (κ1) is 19.7. The molecule has 7 rings (SSSR count). The molecule has 2 unspecified atom stereocenters. The van der Waals surface area contributed by atoms with Crippen LogP contribution in [-0.2, 0) is 14.4 Å².